The Hall–Kier alpha value is -0.960. The van der Waals surface area contributed by atoms with Gasteiger partial charge in [0.1, 0.15) is 18.3 Å². The Morgan fingerprint density at radius 3 is 2.49 bits per heavy atom. The van der Waals surface area contributed by atoms with Gasteiger partial charge in [-0.2, -0.15) is 8.62 Å². The Morgan fingerprint density at radius 2 is 1.88 bits per heavy atom. The summed E-state index contributed by atoms with van der Waals surface area (Å²) in [5.74, 6) is 5.60. The predicted octanol–water partition coefficient (Wildman–Crippen LogP) is 3.06. The molecule has 3 rings (SSSR count). The van der Waals surface area contributed by atoms with E-state index in [0.29, 0.717) is 16.8 Å². The Balaban J connectivity index is 1.92. The number of aryl methyl sites for hydroxylation is 1. The van der Waals surface area contributed by atoms with E-state index in [1.165, 1.54) is 21.6 Å². The highest BCUT2D eigenvalue weighted by atomic mass is 33.1. The number of H-pyrrole nitrogens is 1. The van der Waals surface area contributed by atoms with Gasteiger partial charge in [-0.25, -0.2) is 13.7 Å². The second-order valence-electron chi connectivity index (χ2n) is 9.53. The van der Waals surface area contributed by atoms with Gasteiger partial charge in [-0.3, -0.25) is 9.32 Å². The van der Waals surface area contributed by atoms with Crippen molar-refractivity contribution < 1.29 is 55.9 Å². The van der Waals surface area contributed by atoms with Crippen molar-refractivity contribution in [3.05, 3.63) is 33.9 Å². The van der Waals surface area contributed by atoms with Gasteiger partial charge in [0.25, 0.3) is 5.56 Å². The molecule has 16 nitrogen and oxygen atoms in total. The summed E-state index contributed by atoms with van der Waals surface area (Å²) < 4.78 is 61.1. The van der Waals surface area contributed by atoms with Gasteiger partial charge in [0.05, 0.1) is 23.0 Å². The van der Waals surface area contributed by atoms with Crippen molar-refractivity contribution in [3.8, 4) is 11.8 Å². The number of ether oxygens (including phenoxy) is 2. The zero-order valence-corrected chi connectivity index (χ0v) is 26.5. The van der Waals surface area contributed by atoms with Crippen LogP contribution in [-0.2, 0) is 36.3 Å². The van der Waals surface area contributed by atoms with E-state index in [4.69, 9.17) is 29.5 Å². The number of hydrogen-bond acceptors (Lipinski definition) is 12. The third-order valence-corrected chi connectivity index (χ3v) is 11.7. The average molecular weight is 678 g/mol. The molecular formula is C20H30N3O13P3S2. The van der Waals surface area contributed by atoms with Crippen molar-refractivity contribution in [1.29, 1.82) is 0 Å². The molecule has 21 heteroatoms. The third-order valence-electron chi connectivity index (χ3n) is 4.92. The fraction of sp³-hybridized carbons (Fsp3) is 0.550. The van der Waals surface area contributed by atoms with Gasteiger partial charge in [-0.05, 0) is 13.0 Å². The molecule has 0 bridgehead atoms. The number of aromatic amines is 1. The number of phosphoric acid groups is 3. The second-order valence-corrected chi connectivity index (χ2v) is 17.0. The summed E-state index contributed by atoms with van der Waals surface area (Å²) >= 11 is 0. The number of fused-ring (bicyclic) bond motifs is 1. The maximum atomic E-state index is 12.7. The molecule has 1 saturated heterocycles. The maximum Gasteiger partial charge on any atom is 0.490 e. The smallest absolute Gasteiger partial charge is 0.361 e. The highest BCUT2D eigenvalue weighted by Crippen LogP contribution is 2.67. The highest BCUT2D eigenvalue weighted by molar-refractivity contribution is 8.77. The fourth-order valence-corrected chi connectivity index (χ4v) is 8.77. The summed E-state index contributed by atoms with van der Waals surface area (Å²) in [7, 11) is -14.0. The van der Waals surface area contributed by atoms with Gasteiger partial charge in [0.2, 0.25) is 0 Å². The van der Waals surface area contributed by atoms with E-state index in [1.807, 2.05) is 20.8 Å². The molecule has 0 aromatic carbocycles. The summed E-state index contributed by atoms with van der Waals surface area (Å²) in [5, 5.41) is 0.256. The van der Waals surface area contributed by atoms with Gasteiger partial charge in [0.15, 0.2) is 6.29 Å². The fourth-order valence-electron chi connectivity index (χ4n) is 3.66. The summed E-state index contributed by atoms with van der Waals surface area (Å²) in [5.41, 5.74) is 6.38. The Morgan fingerprint density at radius 1 is 1.20 bits per heavy atom. The molecule has 2 aromatic rings. The molecule has 0 spiro atoms. The van der Waals surface area contributed by atoms with E-state index in [2.05, 4.69) is 25.4 Å². The van der Waals surface area contributed by atoms with E-state index in [0.717, 1.165) is 0 Å². The normalized spacial score (nSPS) is 22.7. The Bertz CT molecular complexity index is 1520. The molecule has 0 aliphatic carbocycles. The summed E-state index contributed by atoms with van der Waals surface area (Å²) in [6, 6.07) is 1.68. The van der Waals surface area contributed by atoms with Crippen LogP contribution in [0.1, 0.15) is 44.7 Å². The zero-order valence-electron chi connectivity index (χ0n) is 22.2. The molecule has 41 heavy (non-hydrogen) atoms. The van der Waals surface area contributed by atoms with E-state index >= 15 is 0 Å². The van der Waals surface area contributed by atoms with Crippen LogP contribution in [-0.4, -0.2) is 58.7 Å². The molecule has 0 radical (unpaired) electrons. The number of rotatable bonds is 11. The molecule has 0 amide bonds. The first-order valence-electron chi connectivity index (χ1n) is 11.6. The average Bonchev–Trinajstić information content (AvgIpc) is 3.32. The zero-order chi connectivity index (χ0) is 30.8. The molecule has 0 saturated carbocycles. The highest BCUT2D eigenvalue weighted by Gasteiger charge is 2.47. The van der Waals surface area contributed by atoms with Gasteiger partial charge in [-0.1, -0.05) is 54.2 Å². The first-order valence-corrected chi connectivity index (χ1v) is 18.5. The van der Waals surface area contributed by atoms with Gasteiger partial charge < -0.3 is 44.3 Å². The molecule has 1 aliphatic rings. The molecule has 3 unspecified atom stereocenters. The predicted molar refractivity (Wildman–Crippen MR) is 151 cm³/mol. The molecule has 230 valence electrons. The lowest BCUT2D eigenvalue weighted by molar-refractivity contribution is -0.140. The summed E-state index contributed by atoms with van der Waals surface area (Å²) in [6.45, 7) is 7.68. The first-order chi connectivity index (χ1) is 18.8. The number of pyridine rings is 1. The lowest BCUT2D eigenvalue weighted by atomic mass is 10.2. The molecule has 1 aliphatic heterocycles. The van der Waals surface area contributed by atoms with Crippen LogP contribution in [0.4, 0.5) is 0 Å². The molecule has 1 fully saturated rings. The summed E-state index contributed by atoms with van der Waals surface area (Å²) in [6.07, 6.45) is -2.11. The van der Waals surface area contributed by atoms with Crippen LogP contribution in [0.2, 0.25) is 0 Å². The topological polar surface area (TPSA) is 242 Å². The minimum atomic E-state index is -5.76. The van der Waals surface area contributed by atoms with Crippen LogP contribution in [0, 0.1) is 18.8 Å². The lowest BCUT2D eigenvalue weighted by Gasteiger charge is -2.23. The van der Waals surface area contributed by atoms with Crippen molar-refractivity contribution >= 4 is 56.0 Å². The number of phosphoric ester groups is 1. The maximum absolute atomic E-state index is 12.7. The number of hydrogen-bond donors (Lipinski definition) is 6. The standard InChI is InChI=1S/C20H30N3O13P3S2/c1-12-8-14-17(18(24)22-12)13(6-5-7-21)10-23(14)16-9-15(32-11-40-41-20(2,3)4)19(33-16)34-38(28,29)36-39(30,31)35-37(25,26)27/h8,10,15-16,19H,7,9,11,21H2,1-4H3,(H,22,24)(H,28,29)(H,30,31)(H2,25,26,27)/t15?,16-,19-/m1/s1. The quantitative estimate of drug-likeness (QED) is 0.0658. The molecule has 5 atom stereocenters. The van der Waals surface area contributed by atoms with Crippen molar-refractivity contribution in [2.75, 3.05) is 12.5 Å². The van der Waals surface area contributed by atoms with E-state index < -0.39 is 47.6 Å². The minimum absolute atomic E-state index is 0.0144. The number of nitrogens with zero attached hydrogens (tertiary/aromatic N) is 1. The van der Waals surface area contributed by atoms with Crippen LogP contribution < -0.4 is 11.3 Å². The third kappa shape index (κ3) is 10.3. The van der Waals surface area contributed by atoms with Crippen LogP contribution in [0.15, 0.2) is 17.1 Å². The SMILES string of the molecule is Cc1cc2c(c(C#CCN)cn2[C@H]2CC(OCSSC(C)(C)C)[C@@H](OP(=O)(O)OP(=O)(O)OP(=O)(O)O)O2)c(=O)[nH]1. The number of aromatic nitrogens is 2. The first kappa shape index (κ1) is 34.5. The van der Waals surface area contributed by atoms with Crippen molar-refractivity contribution in [2.45, 2.75) is 57.5 Å². The van der Waals surface area contributed by atoms with Crippen LogP contribution >= 0.6 is 45.1 Å². The number of nitrogens with one attached hydrogen (secondary N) is 1. The molecular weight excluding hydrogens is 647 g/mol. The van der Waals surface area contributed by atoms with Crippen LogP contribution in [0.25, 0.3) is 10.9 Å². The van der Waals surface area contributed by atoms with Gasteiger partial charge in [0, 0.05) is 23.1 Å². The van der Waals surface area contributed by atoms with Crippen LogP contribution in [0.3, 0.4) is 0 Å². The van der Waals surface area contributed by atoms with E-state index in [1.54, 1.807) is 23.8 Å². The number of nitrogens with two attached hydrogens (primary N) is 1. The molecule has 2 aromatic heterocycles. The molecule has 3 heterocycles. The van der Waals surface area contributed by atoms with E-state index in [-0.39, 0.29) is 29.0 Å². The monoisotopic (exact) mass is 677 g/mol. The van der Waals surface area contributed by atoms with Crippen molar-refractivity contribution in [3.63, 3.8) is 0 Å². The Labute approximate surface area is 242 Å². The van der Waals surface area contributed by atoms with Gasteiger partial charge in [-0.15, -0.1) is 0 Å². The lowest BCUT2D eigenvalue weighted by Crippen LogP contribution is -2.26. The minimum Gasteiger partial charge on any atom is -0.361 e. The largest absolute Gasteiger partial charge is 0.490 e. The summed E-state index contributed by atoms with van der Waals surface area (Å²) in [4.78, 5) is 52.6. The van der Waals surface area contributed by atoms with Crippen molar-refractivity contribution in [1.82, 2.24) is 9.55 Å². The second kappa shape index (κ2) is 13.4. The van der Waals surface area contributed by atoms with Gasteiger partial charge >= 0.3 is 23.5 Å². The molecule has 7 N–H and O–H groups in total. The Kier molecular flexibility index (Phi) is 11.2. The van der Waals surface area contributed by atoms with Crippen LogP contribution in [0.5, 0.6) is 0 Å². The van der Waals surface area contributed by atoms with Crippen molar-refractivity contribution in [2.24, 2.45) is 5.73 Å². The van der Waals surface area contributed by atoms with E-state index in [9.17, 15) is 28.3 Å².